The van der Waals surface area contributed by atoms with Crippen molar-refractivity contribution in [1.29, 1.82) is 0 Å². The fraction of sp³-hybridized carbons (Fsp3) is 0.647. The first kappa shape index (κ1) is 14.1. The number of likely N-dealkylation sites (tertiary alicyclic amines) is 1. The summed E-state index contributed by atoms with van der Waals surface area (Å²) in [5.41, 5.74) is 0.501. The zero-order valence-corrected chi connectivity index (χ0v) is 12.3. The van der Waals surface area contributed by atoms with Crippen molar-refractivity contribution in [1.82, 2.24) is 4.90 Å². The highest BCUT2D eigenvalue weighted by Crippen LogP contribution is 2.37. The molecule has 1 aromatic carbocycles. The highest BCUT2D eigenvalue weighted by molar-refractivity contribution is 5.19. The van der Waals surface area contributed by atoms with Gasteiger partial charge in [-0.05, 0) is 38.4 Å². The summed E-state index contributed by atoms with van der Waals surface area (Å²) in [4.78, 5) is 2.42. The predicted octanol–water partition coefficient (Wildman–Crippen LogP) is 2.75. The molecule has 3 nitrogen and oxygen atoms in total. The maximum Gasteiger partial charge on any atom is 0.0853 e. The van der Waals surface area contributed by atoms with Gasteiger partial charge in [-0.25, -0.2) is 0 Å². The Hall–Kier alpha value is -0.900. The van der Waals surface area contributed by atoms with Crippen LogP contribution < -0.4 is 0 Å². The van der Waals surface area contributed by atoms with Crippen LogP contribution in [0, 0.1) is 0 Å². The van der Waals surface area contributed by atoms with E-state index in [-0.39, 0.29) is 12.1 Å². The summed E-state index contributed by atoms with van der Waals surface area (Å²) < 4.78 is 6.06. The fourth-order valence-corrected chi connectivity index (χ4v) is 3.57. The Balaban J connectivity index is 1.70. The van der Waals surface area contributed by atoms with E-state index >= 15 is 0 Å². The molecule has 3 atom stereocenters. The summed E-state index contributed by atoms with van der Waals surface area (Å²) in [6, 6.07) is 10.4. The second-order valence-corrected chi connectivity index (χ2v) is 6.41. The van der Waals surface area contributed by atoms with Crippen LogP contribution in [0.15, 0.2) is 30.3 Å². The standard InChI is InChI=1S/C17H25NO2/c1-17(19)12-15(14-8-4-2-5-9-14)20-13-16(17)18-10-6-3-7-11-18/h2,4-5,8-9,15-16,19H,3,6-7,10-13H2,1H3. The minimum atomic E-state index is -0.671. The molecule has 0 aromatic heterocycles. The van der Waals surface area contributed by atoms with Gasteiger partial charge in [-0.2, -0.15) is 0 Å². The van der Waals surface area contributed by atoms with E-state index in [9.17, 15) is 5.11 Å². The molecular weight excluding hydrogens is 250 g/mol. The molecule has 3 rings (SSSR count). The summed E-state index contributed by atoms with van der Waals surface area (Å²) in [5, 5.41) is 10.9. The van der Waals surface area contributed by atoms with Crippen molar-refractivity contribution < 1.29 is 9.84 Å². The van der Waals surface area contributed by atoms with Crippen molar-refractivity contribution in [2.75, 3.05) is 19.7 Å². The number of nitrogens with zero attached hydrogens (tertiary/aromatic N) is 1. The van der Waals surface area contributed by atoms with Crippen LogP contribution in [0.4, 0.5) is 0 Å². The van der Waals surface area contributed by atoms with E-state index in [1.165, 1.54) is 24.8 Å². The lowest BCUT2D eigenvalue weighted by Gasteiger charge is -2.47. The van der Waals surface area contributed by atoms with Gasteiger partial charge in [0.2, 0.25) is 0 Å². The molecule has 0 radical (unpaired) electrons. The third-order valence-corrected chi connectivity index (χ3v) is 4.77. The Morgan fingerprint density at radius 3 is 2.50 bits per heavy atom. The molecule has 2 aliphatic rings. The van der Waals surface area contributed by atoms with E-state index in [1.807, 2.05) is 25.1 Å². The van der Waals surface area contributed by atoms with E-state index in [4.69, 9.17) is 4.74 Å². The number of aliphatic hydroxyl groups is 1. The molecule has 2 heterocycles. The van der Waals surface area contributed by atoms with Crippen LogP contribution in [0.5, 0.6) is 0 Å². The van der Waals surface area contributed by atoms with Crippen molar-refractivity contribution in [2.45, 2.75) is 50.4 Å². The first-order valence-corrected chi connectivity index (χ1v) is 7.80. The van der Waals surface area contributed by atoms with Crippen molar-refractivity contribution >= 4 is 0 Å². The molecule has 20 heavy (non-hydrogen) atoms. The number of hydrogen-bond donors (Lipinski definition) is 1. The second-order valence-electron chi connectivity index (χ2n) is 6.41. The molecule has 110 valence electrons. The van der Waals surface area contributed by atoms with Crippen LogP contribution in [0.1, 0.15) is 44.3 Å². The predicted molar refractivity (Wildman–Crippen MR) is 79.6 cm³/mol. The molecule has 1 N–H and O–H groups in total. The van der Waals surface area contributed by atoms with Crippen LogP contribution in [0.3, 0.4) is 0 Å². The fourth-order valence-electron chi connectivity index (χ4n) is 3.57. The molecule has 0 amide bonds. The largest absolute Gasteiger partial charge is 0.388 e. The van der Waals surface area contributed by atoms with Crippen LogP contribution in [0.25, 0.3) is 0 Å². The van der Waals surface area contributed by atoms with Crippen molar-refractivity contribution in [3.8, 4) is 0 Å². The summed E-state index contributed by atoms with van der Waals surface area (Å²) in [7, 11) is 0. The zero-order chi connectivity index (χ0) is 14.0. The number of hydrogen-bond acceptors (Lipinski definition) is 3. The van der Waals surface area contributed by atoms with Crippen molar-refractivity contribution in [3.63, 3.8) is 0 Å². The van der Waals surface area contributed by atoms with Crippen LogP contribution in [-0.2, 0) is 4.74 Å². The van der Waals surface area contributed by atoms with Gasteiger partial charge in [-0.15, -0.1) is 0 Å². The number of ether oxygens (including phenoxy) is 1. The number of rotatable bonds is 2. The van der Waals surface area contributed by atoms with Gasteiger partial charge in [0.25, 0.3) is 0 Å². The molecule has 2 aliphatic heterocycles. The van der Waals surface area contributed by atoms with E-state index in [1.54, 1.807) is 0 Å². The Labute approximate surface area is 121 Å². The molecule has 1 aromatic rings. The maximum atomic E-state index is 10.9. The average Bonchev–Trinajstić information content (AvgIpc) is 2.48. The molecule has 0 bridgehead atoms. The second kappa shape index (κ2) is 5.84. The van der Waals surface area contributed by atoms with Gasteiger partial charge in [-0.1, -0.05) is 36.8 Å². The highest BCUT2D eigenvalue weighted by atomic mass is 16.5. The molecule has 0 aliphatic carbocycles. The minimum absolute atomic E-state index is 0.0206. The molecule has 0 saturated carbocycles. The molecule has 3 unspecified atom stereocenters. The minimum Gasteiger partial charge on any atom is -0.388 e. The molecular formula is C17H25NO2. The zero-order valence-electron chi connectivity index (χ0n) is 12.3. The lowest BCUT2D eigenvalue weighted by Crippen LogP contribution is -2.58. The summed E-state index contributed by atoms with van der Waals surface area (Å²) >= 11 is 0. The Morgan fingerprint density at radius 1 is 1.15 bits per heavy atom. The Kier molecular flexibility index (Phi) is 4.11. The van der Waals surface area contributed by atoms with Crippen LogP contribution >= 0.6 is 0 Å². The molecule has 0 spiro atoms. The normalized spacial score (nSPS) is 35.9. The van der Waals surface area contributed by atoms with Crippen molar-refractivity contribution in [3.05, 3.63) is 35.9 Å². The van der Waals surface area contributed by atoms with Gasteiger partial charge in [0.1, 0.15) is 0 Å². The molecule has 2 saturated heterocycles. The first-order chi connectivity index (χ1) is 9.67. The van der Waals surface area contributed by atoms with E-state index in [0.29, 0.717) is 13.0 Å². The van der Waals surface area contributed by atoms with Gasteiger partial charge >= 0.3 is 0 Å². The third-order valence-electron chi connectivity index (χ3n) is 4.77. The third kappa shape index (κ3) is 2.90. The average molecular weight is 275 g/mol. The van der Waals surface area contributed by atoms with Gasteiger partial charge in [0, 0.05) is 6.42 Å². The number of piperidine rings is 1. The molecule has 3 heteroatoms. The Bertz CT molecular complexity index is 426. The van der Waals surface area contributed by atoms with Crippen LogP contribution in [0.2, 0.25) is 0 Å². The number of benzene rings is 1. The highest BCUT2D eigenvalue weighted by Gasteiger charge is 2.43. The quantitative estimate of drug-likeness (QED) is 0.901. The smallest absolute Gasteiger partial charge is 0.0853 e. The van der Waals surface area contributed by atoms with E-state index < -0.39 is 5.60 Å². The van der Waals surface area contributed by atoms with Gasteiger partial charge in [0.05, 0.1) is 24.4 Å². The lowest BCUT2D eigenvalue weighted by atomic mass is 9.84. The maximum absolute atomic E-state index is 10.9. The topological polar surface area (TPSA) is 32.7 Å². The lowest BCUT2D eigenvalue weighted by molar-refractivity contribution is -0.153. The summed E-state index contributed by atoms with van der Waals surface area (Å²) in [5.74, 6) is 0. The Morgan fingerprint density at radius 2 is 1.85 bits per heavy atom. The molecule has 2 fully saturated rings. The van der Waals surface area contributed by atoms with Gasteiger partial charge in [-0.3, -0.25) is 4.90 Å². The van der Waals surface area contributed by atoms with E-state index in [2.05, 4.69) is 17.0 Å². The summed E-state index contributed by atoms with van der Waals surface area (Å²) in [6.45, 7) is 4.80. The first-order valence-electron chi connectivity index (χ1n) is 7.80. The van der Waals surface area contributed by atoms with Crippen molar-refractivity contribution in [2.24, 2.45) is 0 Å². The summed E-state index contributed by atoms with van der Waals surface area (Å²) in [6.07, 6.45) is 4.51. The monoisotopic (exact) mass is 275 g/mol. The van der Waals surface area contributed by atoms with Crippen LogP contribution in [-0.4, -0.2) is 41.3 Å². The van der Waals surface area contributed by atoms with E-state index in [0.717, 1.165) is 13.1 Å². The van der Waals surface area contributed by atoms with Gasteiger partial charge in [0.15, 0.2) is 0 Å². The van der Waals surface area contributed by atoms with Gasteiger partial charge < -0.3 is 9.84 Å². The SMILES string of the molecule is CC1(O)CC(c2ccccc2)OCC1N1CCCCC1.